The Morgan fingerprint density at radius 2 is 1.75 bits per heavy atom. The average Bonchev–Trinajstić information content (AvgIpc) is 2.39. The fraction of sp³-hybridized carbons (Fsp3) is 0.500. The van der Waals surface area contributed by atoms with Crippen LogP contribution >= 0.6 is 0 Å². The Bertz CT molecular complexity index is 452. The molecule has 1 aliphatic carbocycles. The maximum Gasteiger partial charge on any atom is 0.303 e. The van der Waals surface area contributed by atoms with E-state index in [-0.39, 0.29) is 18.4 Å². The van der Waals surface area contributed by atoms with Crippen LogP contribution in [0.1, 0.15) is 50.0 Å². The third-order valence-corrected chi connectivity index (χ3v) is 3.82. The molecule has 1 fully saturated rings. The molecule has 1 amide bonds. The van der Waals surface area contributed by atoms with Crippen molar-refractivity contribution in [1.29, 1.82) is 0 Å². The van der Waals surface area contributed by atoms with Gasteiger partial charge in [0.25, 0.3) is 0 Å². The highest BCUT2D eigenvalue weighted by atomic mass is 16.4. The molecule has 108 valence electrons. The van der Waals surface area contributed by atoms with Gasteiger partial charge < -0.3 is 10.4 Å². The van der Waals surface area contributed by atoms with Crippen molar-refractivity contribution in [3.8, 4) is 0 Å². The zero-order valence-corrected chi connectivity index (χ0v) is 11.5. The van der Waals surface area contributed by atoms with E-state index in [0.29, 0.717) is 25.2 Å². The van der Waals surface area contributed by atoms with E-state index in [2.05, 4.69) is 17.4 Å². The smallest absolute Gasteiger partial charge is 0.303 e. The molecule has 1 saturated carbocycles. The quantitative estimate of drug-likeness (QED) is 0.752. The lowest BCUT2D eigenvalue weighted by Crippen LogP contribution is -2.43. The summed E-state index contributed by atoms with van der Waals surface area (Å²) in [6.45, 7) is 0. The Morgan fingerprint density at radius 1 is 1.10 bits per heavy atom. The summed E-state index contributed by atoms with van der Waals surface area (Å²) in [5, 5.41) is 11.5. The first-order chi connectivity index (χ1) is 9.65. The Kier molecular flexibility index (Phi) is 5.16. The van der Waals surface area contributed by atoms with Crippen LogP contribution in [-0.4, -0.2) is 23.0 Å². The van der Waals surface area contributed by atoms with Crippen molar-refractivity contribution in [2.45, 2.75) is 50.5 Å². The molecule has 0 atom stereocenters. The molecule has 4 nitrogen and oxygen atoms in total. The summed E-state index contributed by atoms with van der Waals surface area (Å²) in [5.74, 6) is -0.185. The number of unbranched alkanes of at least 4 members (excludes halogenated alkanes) is 1. The molecule has 2 N–H and O–H groups in total. The maximum atomic E-state index is 11.7. The minimum atomic E-state index is -0.796. The van der Waals surface area contributed by atoms with Crippen LogP contribution in [0.3, 0.4) is 0 Å². The largest absolute Gasteiger partial charge is 0.481 e. The zero-order valence-electron chi connectivity index (χ0n) is 11.5. The van der Waals surface area contributed by atoms with E-state index in [1.54, 1.807) is 0 Å². The van der Waals surface area contributed by atoms with Gasteiger partial charge in [-0.05, 0) is 37.2 Å². The predicted octanol–water partition coefficient (Wildman–Crippen LogP) is 2.69. The van der Waals surface area contributed by atoms with Crippen LogP contribution in [0.15, 0.2) is 30.3 Å². The fourth-order valence-corrected chi connectivity index (χ4v) is 2.59. The van der Waals surface area contributed by atoms with Crippen LogP contribution in [0.5, 0.6) is 0 Å². The number of carboxylic acid groups (broad SMARTS) is 1. The van der Waals surface area contributed by atoms with Crippen molar-refractivity contribution in [3.63, 3.8) is 0 Å². The number of carboxylic acids is 1. The van der Waals surface area contributed by atoms with E-state index >= 15 is 0 Å². The zero-order chi connectivity index (χ0) is 14.4. The van der Waals surface area contributed by atoms with Crippen molar-refractivity contribution >= 4 is 11.9 Å². The second-order valence-electron chi connectivity index (χ2n) is 5.44. The lowest BCUT2D eigenvalue weighted by molar-refractivity contribution is -0.137. The lowest BCUT2D eigenvalue weighted by atomic mass is 9.76. The predicted molar refractivity (Wildman–Crippen MR) is 76.5 cm³/mol. The van der Waals surface area contributed by atoms with Gasteiger partial charge in [0.1, 0.15) is 0 Å². The molecule has 4 heteroatoms. The molecule has 1 aliphatic rings. The van der Waals surface area contributed by atoms with Crippen LogP contribution in [-0.2, 0) is 9.59 Å². The van der Waals surface area contributed by atoms with Crippen molar-refractivity contribution in [3.05, 3.63) is 35.9 Å². The van der Waals surface area contributed by atoms with E-state index in [9.17, 15) is 9.59 Å². The van der Waals surface area contributed by atoms with Gasteiger partial charge in [-0.2, -0.15) is 0 Å². The van der Waals surface area contributed by atoms with Crippen LogP contribution in [0.4, 0.5) is 0 Å². The molecule has 20 heavy (non-hydrogen) atoms. The Hall–Kier alpha value is -1.84. The van der Waals surface area contributed by atoms with E-state index < -0.39 is 5.97 Å². The number of hydrogen-bond acceptors (Lipinski definition) is 2. The van der Waals surface area contributed by atoms with Gasteiger partial charge in [-0.25, -0.2) is 0 Å². The van der Waals surface area contributed by atoms with Crippen molar-refractivity contribution < 1.29 is 14.7 Å². The van der Waals surface area contributed by atoms with Crippen molar-refractivity contribution in [1.82, 2.24) is 5.32 Å². The van der Waals surface area contributed by atoms with Crippen molar-refractivity contribution in [2.24, 2.45) is 0 Å². The van der Waals surface area contributed by atoms with Gasteiger partial charge in [-0.3, -0.25) is 9.59 Å². The summed E-state index contributed by atoms with van der Waals surface area (Å²) in [4.78, 5) is 22.0. The molecular formula is C16H21NO3. The highest BCUT2D eigenvalue weighted by Crippen LogP contribution is 2.36. The summed E-state index contributed by atoms with van der Waals surface area (Å²) < 4.78 is 0. The molecule has 0 spiro atoms. The molecule has 0 aliphatic heterocycles. The maximum absolute atomic E-state index is 11.7. The molecule has 0 radical (unpaired) electrons. The Morgan fingerprint density at radius 3 is 2.40 bits per heavy atom. The Balaban J connectivity index is 1.60. The number of amides is 1. The van der Waals surface area contributed by atoms with Crippen LogP contribution in [0, 0.1) is 0 Å². The second kappa shape index (κ2) is 7.08. The number of nitrogens with one attached hydrogen (secondary N) is 1. The third kappa shape index (κ3) is 4.37. The first-order valence-corrected chi connectivity index (χ1v) is 7.21. The summed E-state index contributed by atoms with van der Waals surface area (Å²) in [5.41, 5.74) is 1.35. The lowest BCUT2D eigenvalue weighted by Gasteiger charge is -2.36. The van der Waals surface area contributed by atoms with Crippen molar-refractivity contribution in [2.75, 3.05) is 0 Å². The SMILES string of the molecule is O=C(O)CCCCC(=O)NC1CC(c2ccccc2)C1. The van der Waals surface area contributed by atoms with Gasteiger partial charge in [0, 0.05) is 18.9 Å². The highest BCUT2D eigenvalue weighted by Gasteiger charge is 2.30. The van der Waals surface area contributed by atoms with E-state index in [1.807, 2.05) is 18.2 Å². The molecule has 0 heterocycles. The first-order valence-electron chi connectivity index (χ1n) is 7.21. The van der Waals surface area contributed by atoms with Gasteiger partial charge in [0.15, 0.2) is 0 Å². The van der Waals surface area contributed by atoms with E-state index in [4.69, 9.17) is 5.11 Å². The summed E-state index contributed by atoms with van der Waals surface area (Å²) in [6.07, 6.45) is 3.80. The van der Waals surface area contributed by atoms with Gasteiger partial charge in [-0.1, -0.05) is 30.3 Å². The number of aliphatic carboxylic acids is 1. The highest BCUT2D eigenvalue weighted by molar-refractivity contribution is 5.76. The van der Waals surface area contributed by atoms with Gasteiger partial charge in [-0.15, -0.1) is 0 Å². The van der Waals surface area contributed by atoms with E-state index in [0.717, 1.165) is 12.8 Å². The normalized spacial score (nSPS) is 21.0. The molecule has 0 aromatic heterocycles. The first kappa shape index (κ1) is 14.6. The molecule has 2 rings (SSSR count). The number of carbonyl (C=O) groups is 2. The number of hydrogen-bond donors (Lipinski definition) is 2. The molecule has 1 aromatic carbocycles. The number of carbonyl (C=O) groups excluding carboxylic acids is 1. The van der Waals surface area contributed by atoms with Gasteiger partial charge in [0.05, 0.1) is 0 Å². The minimum Gasteiger partial charge on any atom is -0.481 e. The van der Waals surface area contributed by atoms with Crippen LogP contribution in [0.25, 0.3) is 0 Å². The molecular weight excluding hydrogens is 254 g/mol. The summed E-state index contributed by atoms with van der Waals surface area (Å²) >= 11 is 0. The van der Waals surface area contributed by atoms with Crippen LogP contribution < -0.4 is 5.32 Å². The number of benzene rings is 1. The average molecular weight is 275 g/mol. The number of rotatable bonds is 7. The van der Waals surface area contributed by atoms with Gasteiger partial charge >= 0.3 is 5.97 Å². The minimum absolute atomic E-state index is 0.0481. The summed E-state index contributed by atoms with van der Waals surface area (Å²) in [6, 6.07) is 10.7. The molecule has 0 unspecified atom stereocenters. The van der Waals surface area contributed by atoms with E-state index in [1.165, 1.54) is 5.56 Å². The molecule has 0 bridgehead atoms. The van der Waals surface area contributed by atoms with Gasteiger partial charge in [0.2, 0.25) is 5.91 Å². The molecule has 0 saturated heterocycles. The third-order valence-electron chi connectivity index (χ3n) is 3.82. The fourth-order valence-electron chi connectivity index (χ4n) is 2.59. The standard InChI is InChI=1S/C16H21NO3/c18-15(8-4-5-9-16(19)20)17-14-10-13(11-14)12-6-2-1-3-7-12/h1-3,6-7,13-14H,4-5,8-11H2,(H,17,18)(H,19,20). The summed E-state index contributed by atoms with van der Waals surface area (Å²) in [7, 11) is 0. The van der Waals surface area contributed by atoms with Crippen LogP contribution in [0.2, 0.25) is 0 Å². The topological polar surface area (TPSA) is 66.4 Å². The second-order valence-corrected chi connectivity index (χ2v) is 5.44. The Labute approximate surface area is 119 Å². The monoisotopic (exact) mass is 275 g/mol. The molecule has 1 aromatic rings.